The summed E-state index contributed by atoms with van der Waals surface area (Å²) in [6.45, 7) is 3.56. The molecule has 0 unspecified atom stereocenters. The average molecular weight is 403 g/mol. The van der Waals surface area contributed by atoms with Crippen molar-refractivity contribution in [3.05, 3.63) is 41.5 Å². The predicted octanol–water partition coefficient (Wildman–Crippen LogP) is 1.63. The molecule has 2 aliphatic heterocycles. The van der Waals surface area contributed by atoms with Crippen molar-refractivity contribution in [2.45, 2.75) is 26.1 Å². The van der Waals surface area contributed by atoms with Gasteiger partial charge in [-0.15, -0.1) is 0 Å². The van der Waals surface area contributed by atoms with E-state index in [1.165, 1.54) is 18.2 Å². The Balaban J connectivity index is 1.88. The number of hydrogen-bond acceptors (Lipinski definition) is 7. The Morgan fingerprint density at radius 3 is 1.93 bits per heavy atom. The highest BCUT2D eigenvalue weighted by atomic mass is 16.5. The lowest BCUT2D eigenvalue weighted by Crippen LogP contribution is -2.39. The van der Waals surface area contributed by atoms with Crippen LogP contribution < -0.4 is 5.32 Å². The highest BCUT2D eigenvalue weighted by molar-refractivity contribution is 6.01. The number of hydrogen-bond donors (Lipinski definition) is 2. The number of aliphatic carboxylic acids is 1. The first kappa shape index (κ1) is 20.5. The van der Waals surface area contributed by atoms with Gasteiger partial charge in [-0.1, -0.05) is 12.2 Å². The number of esters is 2. The van der Waals surface area contributed by atoms with E-state index in [-0.39, 0.29) is 30.0 Å². The molecule has 1 aromatic rings. The number of ether oxygens (including phenoxy) is 3. The van der Waals surface area contributed by atoms with Crippen LogP contribution in [0.1, 0.15) is 34.6 Å². The van der Waals surface area contributed by atoms with E-state index in [9.17, 15) is 24.3 Å². The molecule has 1 amide bonds. The van der Waals surface area contributed by atoms with Crippen LogP contribution >= 0.6 is 0 Å². The Morgan fingerprint density at radius 2 is 1.45 bits per heavy atom. The predicted molar refractivity (Wildman–Crippen MR) is 99.4 cm³/mol. The number of amides is 1. The summed E-state index contributed by atoms with van der Waals surface area (Å²) in [5, 5.41) is 12.1. The van der Waals surface area contributed by atoms with Gasteiger partial charge in [0.1, 0.15) is 5.92 Å². The van der Waals surface area contributed by atoms with Crippen LogP contribution in [0.4, 0.5) is 5.69 Å². The molecule has 9 heteroatoms. The molecule has 4 atom stereocenters. The summed E-state index contributed by atoms with van der Waals surface area (Å²) in [5.74, 6) is -4.98. The zero-order chi connectivity index (χ0) is 21.1. The van der Waals surface area contributed by atoms with Gasteiger partial charge in [-0.05, 0) is 32.0 Å². The molecule has 1 saturated heterocycles. The molecule has 0 aliphatic carbocycles. The molecule has 0 radical (unpaired) electrons. The number of benzene rings is 1. The highest BCUT2D eigenvalue weighted by Gasteiger charge is 2.53. The van der Waals surface area contributed by atoms with E-state index in [1.54, 1.807) is 26.0 Å². The van der Waals surface area contributed by atoms with Crippen LogP contribution in [0.15, 0.2) is 30.4 Å². The van der Waals surface area contributed by atoms with Gasteiger partial charge in [0.25, 0.3) is 0 Å². The van der Waals surface area contributed by atoms with Crippen molar-refractivity contribution < 1.29 is 38.5 Å². The number of fused-ring (bicyclic) bond motifs is 2. The molecular formula is C20H21NO8. The largest absolute Gasteiger partial charge is 0.481 e. The third-order valence-corrected chi connectivity index (χ3v) is 4.71. The number of carboxylic acids is 1. The summed E-state index contributed by atoms with van der Waals surface area (Å²) in [4.78, 5) is 48.6. The fraction of sp³-hybridized carbons (Fsp3) is 0.400. The molecule has 9 nitrogen and oxygen atoms in total. The third kappa shape index (κ3) is 4.14. The van der Waals surface area contributed by atoms with Gasteiger partial charge in [-0.3, -0.25) is 9.59 Å². The smallest absolute Gasteiger partial charge is 0.338 e. The molecule has 3 rings (SSSR count). The van der Waals surface area contributed by atoms with Crippen molar-refractivity contribution >= 4 is 29.5 Å². The van der Waals surface area contributed by atoms with E-state index in [0.29, 0.717) is 0 Å². The van der Waals surface area contributed by atoms with Crippen molar-refractivity contribution in [3.63, 3.8) is 0 Å². The van der Waals surface area contributed by atoms with E-state index < -0.39 is 47.9 Å². The molecule has 2 aliphatic rings. The molecule has 0 aromatic heterocycles. The van der Waals surface area contributed by atoms with E-state index in [4.69, 9.17) is 14.2 Å². The Kier molecular flexibility index (Phi) is 5.97. The minimum atomic E-state index is -1.13. The van der Waals surface area contributed by atoms with Crippen LogP contribution in [0.25, 0.3) is 0 Å². The van der Waals surface area contributed by atoms with E-state index in [0.717, 1.165) is 0 Å². The zero-order valence-electron chi connectivity index (χ0n) is 15.9. The van der Waals surface area contributed by atoms with Gasteiger partial charge in [-0.2, -0.15) is 0 Å². The van der Waals surface area contributed by atoms with Gasteiger partial charge >= 0.3 is 17.9 Å². The van der Waals surface area contributed by atoms with Crippen molar-refractivity contribution in [2.24, 2.45) is 11.8 Å². The van der Waals surface area contributed by atoms with E-state index in [2.05, 4.69) is 5.32 Å². The summed E-state index contributed by atoms with van der Waals surface area (Å²) in [6.07, 6.45) is 1.99. The minimum absolute atomic E-state index is 0.0616. The lowest BCUT2D eigenvalue weighted by Gasteiger charge is -2.21. The van der Waals surface area contributed by atoms with Gasteiger partial charge in [0, 0.05) is 5.69 Å². The molecule has 154 valence electrons. The monoisotopic (exact) mass is 403 g/mol. The SMILES string of the molecule is CCOC(=O)c1cc(NC(=O)[C@@H]2[C@H](C(=O)O)[C@H]3C=C[C@H]2O3)cc(C(=O)OCC)c1. The van der Waals surface area contributed by atoms with E-state index in [1.807, 2.05) is 0 Å². The Labute approximate surface area is 166 Å². The summed E-state index contributed by atoms with van der Waals surface area (Å²) in [7, 11) is 0. The summed E-state index contributed by atoms with van der Waals surface area (Å²) < 4.78 is 15.4. The normalized spacial score (nSPS) is 24.2. The topological polar surface area (TPSA) is 128 Å². The quantitative estimate of drug-likeness (QED) is 0.519. The number of carbonyl (C=O) groups excluding carboxylic acids is 3. The number of carboxylic acid groups (broad SMARTS) is 1. The maximum Gasteiger partial charge on any atom is 0.338 e. The Morgan fingerprint density at radius 1 is 0.931 bits per heavy atom. The minimum Gasteiger partial charge on any atom is -0.481 e. The molecule has 2 heterocycles. The summed E-state index contributed by atoms with van der Waals surface area (Å²) in [6, 6.07) is 4.03. The molecule has 0 spiro atoms. The first-order valence-corrected chi connectivity index (χ1v) is 9.22. The first-order valence-electron chi connectivity index (χ1n) is 9.22. The summed E-state index contributed by atoms with van der Waals surface area (Å²) >= 11 is 0. The first-order chi connectivity index (χ1) is 13.8. The van der Waals surface area contributed by atoms with Crippen LogP contribution in [0.2, 0.25) is 0 Å². The zero-order valence-corrected chi connectivity index (χ0v) is 15.9. The maximum atomic E-state index is 12.8. The van der Waals surface area contributed by atoms with Gasteiger partial charge in [0.05, 0.1) is 42.5 Å². The Bertz CT molecular complexity index is 841. The van der Waals surface area contributed by atoms with Crippen molar-refractivity contribution in [1.82, 2.24) is 0 Å². The molecule has 2 N–H and O–H groups in total. The number of nitrogens with one attached hydrogen (secondary N) is 1. The van der Waals surface area contributed by atoms with Gasteiger partial charge in [0.15, 0.2) is 0 Å². The fourth-order valence-electron chi connectivity index (χ4n) is 3.50. The van der Waals surface area contributed by atoms with Gasteiger partial charge in [0.2, 0.25) is 5.91 Å². The second-order valence-corrected chi connectivity index (χ2v) is 6.57. The summed E-state index contributed by atoms with van der Waals surface area (Å²) in [5.41, 5.74) is 0.276. The van der Waals surface area contributed by atoms with Crippen LogP contribution in [-0.2, 0) is 23.8 Å². The van der Waals surface area contributed by atoms with Crippen LogP contribution in [0.5, 0.6) is 0 Å². The lowest BCUT2D eigenvalue weighted by molar-refractivity contribution is -0.145. The Hall–Kier alpha value is -3.20. The second kappa shape index (κ2) is 8.44. The highest BCUT2D eigenvalue weighted by Crippen LogP contribution is 2.40. The molecule has 29 heavy (non-hydrogen) atoms. The molecular weight excluding hydrogens is 382 g/mol. The van der Waals surface area contributed by atoms with Crippen LogP contribution in [0.3, 0.4) is 0 Å². The molecule has 1 fully saturated rings. The lowest BCUT2D eigenvalue weighted by atomic mass is 9.82. The van der Waals surface area contributed by atoms with Crippen molar-refractivity contribution in [3.8, 4) is 0 Å². The van der Waals surface area contributed by atoms with Gasteiger partial charge < -0.3 is 24.6 Å². The fourth-order valence-corrected chi connectivity index (χ4v) is 3.50. The second-order valence-electron chi connectivity index (χ2n) is 6.57. The van der Waals surface area contributed by atoms with Gasteiger partial charge in [-0.25, -0.2) is 9.59 Å². The maximum absolute atomic E-state index is 12.8. The number of carbonyl (C=O) groups is 4. The number of rotatable bonds is 7. The standard InChI is InChI=1S/C20H21NO8/c1-3-27-19(25)10-7-11(20(26)28-4-2)9-12(8-10)21-17(22)15-13-5-6-14(29-13)16(15)18(23)24/h5-9,13-16H,3-4H2,1-2H3,(H,21,22)(H,23,24)/t13-,14-,15+,16-/m1/s1. The van der Waals surface area contributed by atoms with Crippen molar-refractivity contribution in [2.75, 3.05) is 18.5 Å². The van der Waals surface area contributed by atoms with Crippen LogP contribution in [0, 0.1) is 11.8 Å². The number of anilines is 1. The average Bonchev–Trinajstić information content (AvgIpc) is 3.29. The molecule has 2 bridgehead atoms. The molecule has 1 aromatic carbocycles. The molecule has 0 saturated carbocycles. The van der Waals surface area contributed by atoms with Crippen molar-refractivity contribution in [1.29, 1.82) is 0 Å². The van der Waals surface area contributed by atoms with E-state index >= 15 is 0 Å². The third-order valence-electron chi connectivity index (χ3n) is 4.71. The van der Waals surface area contributed by atoms with Crippen LogP contribution in [-0.4, -0.2) is 54.3 Å².